The average molecular weight is 317 g/mol. The summed E-state index contributed by atoms with van der Waals surface area (Å²) in [5, 5.41) is 4.50. The molecular formula is C17H19NO3S. The fourth-order valence-electron chi connectivity index (χ4n) is 1.92. The zero-order chi connectivity index (χ0) is 15.9. The molecule has 1 N–H and O–H groups in total. The molecule has 1 aromatic heterocycles. The molecule has 22 heavy (non-hydrogen) atoms. The van der Waals surface area contributed by atoms with Gasteiger partial charge in [-0.25, -0.2) is 4.79 Å². The number of carbonyl (C=O) groups excluding carboxylic acids is 2. The van der Waals surface area contributed by atoms with Gasteiger partial charge in [0.2, 0.25) is 0 Å². The van der Waals surface area contributed by atoms with E-state index in [2.05, 4.69) is 19.2 Å². The van der Waals surface area contributed by atoms with Crippen LogP contribution in [0.3, 0.4) is 0 Å². The predicted molar refractivity (Wildman–Crippen MR) is 88.4 cm³/mol. The lowest BCUT2D eigenvalue weighted by atomic mass is 9.99. The summed E-state index contributed by atoms with van der Waals surface area (Å²) in [5.74, 6) is -0.324. The highest BCUT2D eigenvalue weighted by molar-refractivity contribution is 7.11. The van der Waals surface area contributed by atoms with E-state index >= 15 is 0 Å². The van der Waals surface area contributed by atoms with Crippen molar-refractivity contribution in [3.05, 3.63) is 52.2 Å². The second-order valence-corrected chi connectivity index (χ2v) is 5.98. The fourth-order valence-corrected chi connectivity index (χ4v) is 2.54. The number of amides is 1. The SMILES string of the molecule is CC[C@@H](C)c1ccc(NC(=O)COC(=O)c2cccs2)cc1. The molecule has 0 spiro atoms. The number of benzene rings is 1. The zero-order valence-electron chi connectivity index (χ0n) is 12.7. The van der Waals surface area contributed by atoms with E-state index in [1.165, 1.54) is 16.9 Å². The van der Waals surface area contributed by atoms with Crippen LogP contribution in [-0.4, -0.2) is 18.5 Å². The van der Waals surface area contributed by atoms with Gasteiger partial charge in [0.25, 0.3) is 5.91 Å². The first kappa shape index (κ1) is 16.2. The van der Waals surface area contributed by atoms with Crippen LogP contribution >= 0.6 is 11.3 Å². The predicted octanol–water partition coefficient (Wildman–Crippen LogP) is 4.06. The fraction of sp³-hybridized carbons (Fsp3) is 0.294. The molecule has 0 saturated heterocycles. The first-order valence-corrected chi connectivity index (χ1v) is 8.08. The number of carbonyl (C=O) groups is 2. The number of hydrogen-bond acceptors (Lipinski definition) is 4. The van der Waals surface area contributed by atoms with Crippen molar-refractivity contribution in [1.29, 1.82) is 0 Å². The zero-order valence-corrected chi connectivity index (χ0v) is 13.5. The maximum absolute atomic E-state index is 11.8. The van der Waals surface area contributed by atoms with Crippen LogP contribution in [0, 0.1) is 0 Å². The van der Waals surface area contributed by atoms with E-state index in [0.717, 1.165) is 6.42 Å². The summed E-state index contributed by atoms with van der Waals surface area (Å²) in [6.45, 7) is 4.02. The summed E-state index contributed by atoms with van der Waals surface area (Å²) >= 11 is 1.29. The van der Waals surface area contributed by atoms with Crippen molar-refractivity contribution in [2.75, 3.05) is 11.9 Å². The first-order chi connectivity index (χ1) is 10.6. The molecule has 2 rings (SSSR count). The Morgan fingerprint density at radius 3 is 2.55 bits per heavy atom. The molecule has 2 aromatic rings. The van der Waals surface area contributed by atoms with Crippen molar-refractivity contribution >= 4 is 28.9 Å². The van der Waals surface area contributed by atoms with Crippen molar-refractivity contribution < 1.29 is 14.3 Å². The second kappa shape index (κ2) is 7.75. The van der Waals surface area contributed by atoms with Crippen LogP contribution < -0.4 is 5.32 Å². The molecule has 0 aliphatic rings. The molecule has 4 nitrogen and oxygen atoms in total. The second-order valence-electron chi connectivity index (χ2n) is 5.03. The Bertz CT molecular complexity index is 620. The van der Waals surface area contributed by atoms with Crippen LogP contribution in [0.5, 0.6) is 0 Å². The quantitative estimate of drug-likeness (QED) is 0.818. The molecule has 0 bridgehead atoms. The van der Waals surface area contributed by atoms with Gasteiger partial charge in [0.05, 0.1) is 0 Å². The van der Waals surface area contributed by atoms with Crippen molar-refractivity contribution in [2.45, 2.75) is 26.2 Å². The van der Waals surface area contributed by atoms with Crippen LogP contribution in [0.25, 0.3) is 0 Å². The topological polar surface area (TPSA) is 55.4 Å². The van der Waals surface area contributed by atoms with Gasteiger partial charge in [-0.1, -0.05) is 32.0 Å². The Morgan fingerprint density at radius 2 is 1.95 bits per heavy atom. The molecule has 1 atom stereocenters. The molecular weight excluding hydrogens is 298 g/mol. The van der Waals surface area contributed by atoms with E-state index in [1.54, 1.807) is 17.5 Å². The van der Waals surface area contributed by atoms with E-state index in [0.29, 0.717) is 16.5 Å². The van der Waals surface area contributed by atoms with Crippen LogP contribution in [0.15, 0.2) is 41.8 Å². The summed E-state index contributed by atoms with van der Waals surface area (Å²) in [7, 11) is 0. The molecule has 0 aliphatic carbocycles. The smallest absolute Gasteiger partial charge is 0.348 e. The summed E-state index contributed by atoms with van der Waals surface area (Å²) in [6, 6.07) is 11.2. The number of thiophene rings is 1. The lowest BCUT2D eigenvalue weighted by Crippen LogP contribution is -2.20. The Hall–Kier alpha value is -2.14. The van der Waals surface area contributed by atoms with E-state index in [1.807, 2.05) is 24.3 Å². The number of esters is 1. The van der Waals surface area contributed by atoms with Crippen molar-refractivity contribution in [3.63, 3.8) is 0 Å². The van der Waals surface area contributed by atoms with Gasteiger partial charge in [-0.3, -0.25) is 4.79 Å². The minimum atomic E-state index is -0.475. The Morgan fingerprint density at radius 1 is 1.23 bits per heavy atom. The third-order valence-corrected chi connectivity index (χ3v) is 4.28. The van der Waals surface area contributed by atoms with E-state index in [-0.39, 0.29) is 12.5 Å². The number of ether oxygens (including phenoxy) is 1. The average Bonchev–Trinajstić information content (AvgIpc) is 3.07. The number of rotatable bonds is 6. The molecule has 1 heterocycles. The monoisotopic (exact) mass is 317 g/mol. The minimum Gasteiger partial charge on any atom is -0.451 e. The highest BCUT2D eigenvalue weighted by Crippen LogP contribution is 2.20. The maximum atomic E-state index is 11.8. The van der Waals surface area contributed by atoms with Gasteiger partial charge in [-0.05, 0) is 41.5 Å². The third-order valence-electron chi connectivity index (χ3n) is 3.43. The van der Waals surface area contributed by atoms with Crippen LogP contribution in [0.2, 0.25) is 0 Å². The summed E-state index contributed by atoms with van der Waals surface area (Å²) in [6.07, 6.45) is 1.07. The number of hydrogen-bond donors (Lipinski definition) is 1. The summed E-state index contributed by atoms with van der Waals surface area (Å²) in [4.78, 5) is 23.9. The molecule has 116 valence electrons. The standard InChI is InChI=1S/C17H19NO3S/c1-3-12(2)13-6-8-14(9-7-13)18-16(19)11-21-17(20)15-5-4-10-22-15/h4-10,12H,3,11H2,1-2H3,(H,18,19)/t12-/m1/s1. The van der Waals surface area contributed by atoms with Gasteiger partial charge < -0.3 is 10.1 Å². The van der Waals surface area contributed by atoms with Crippen LogP contribution in [0.4, 0.5) is 5.69 Å². The van der Waals surface area contributed by atoms with Crippen molar-refractivity contribution in [1.82, 2.24) is 0 Å². The normalized spacial score (nSPS) is 11.7. The summed E-state index contributed by atoms with van der Waals surface area (Å²) < 4.78 is 4.96. The van der Waals surface area contributed by atoms with Gasteiger partial charge >= 0.3 is 5.97 Å². The van der Waals surface area contributed by atoms with Crippen molar-refractivity contribution in [3.8, 4) is 0 Å². The first-order valence-electron chi connectivity index (χ1n) is 7.20. The summed E-state index contributed by atoms with van der Waals surface area (Å²) in [5.41, 5.74) is 1.94. The molecule has 0 radical (unpaired) electrons. The molecule has 0 saturated carbocycles. The molecule has 0 aliphatic heterocycles. The highest BCUT2D eigenvalue weighted by atomic mass is 32.1. The van der Waals surface area contributed by atoms with E-state index in [9.17, 15) is 9.59 Å². The Labute approximate surface area is 134 Å². The van der Waals surface area contributed by atoms with Gasteiger partial charge in [-0.15, -0.1) is 11.3 Å². The lowest BCUT2D eigenvalue weighted by molar-refractivity contribution is -0.119. The van der Waals surface area contributed by atoms with Gasteiger partial charge in [0, 0.05) is 5.69 Å². The van der Waals surface area contributed by atoms with Gasteiger partial charge in [0.15, 0.2) is 6.61 Å². The van der Waals surface area contributed by atoms with E-state index < -0.39 is 5.97 Å². The molecule has 1 aromatic carbocycles. The maximum Gasteiger partial charge on any atom is 0.348 e. The highest BCUT2D eigenvalue weighted by Gasteiger charge is 2.11. The van der Waals surface area contributed by atoms with Crippen molar-refractivity contribution in [2.24, 2.45) is 0 Å². The molecule has 5 heteroatoms. The van der Waals surface area contributed by atoms with Crippen LogP contribution in [0.1, 0.15) is 41.4 Å². The molecule has 0 fully saturated rings. The number of anilines is 1. The van der Waals surface area contributed by atoms with Crippen LogP contribution in [-0.2, 0) is 9.53 Å². The minimum absolute atomic E-state index is 0.288. The Kier molecular flexibility index (Phi) is 5.72. The lowest BCUT2D eigenvalue weighted by Gasteiger charge is -2.10. The molecule has 0 unspecified atom stereocenters. The van der Waals surface area contributed by atoms with Gasteiger partial charge in [-0.2, -0.15) is 0 Å². The largest absolute Gasteiger partial charge is 0.451 e. The van der Waals surface area contributed by atoms with E-state index in [4.69, 9.17) is 4.74 Å². The number of nitrogens with one attached hydrogen (secondary N) is 1. The third kappa shape index (κ3) is 4.43. The Balaban J connectivity index is 1.83. The van der Waals surface area contributed by atoms with Gasteiger partial charge in [0.1, 0.15) is 4.88 Å². The molecule has 1 amide bonds.